The lowest BCUT2D eigenvalue weighted by atomic mass is 10.2. The molecule has 25 heavy (non-hydrogen) atoms. The summed E-state index contributed by atoms with van der Waals surface area (Å²) in [4.78, 5) is 15.6. The maximum absolute atomic E-state index is 12.1. The van der Waals surface area contributed by atoms with Crippen molar-refractivity contribution in [2.24, 2.45) is 0 Å². The van der Waals surface area contributed by atoms with E-state index in [2.05, 4.69) is 36.3 Å². The van der Waals surface area contributed by atoms with E-state index in [4.69, 9.17) is 4.74 Å². The van der Waals surface area contributed by atoms with Gasteiger partial charge in [0.1, 0.15) is 6.11 Å². The molecule has 0 N–H and O–H groups in total. The first-order chi connectivity index (χ1) is 12.3. The highest BCUT2D eigenvalue weighted by atomic mass is 32.2. The summed E-state index contributed by atoms with van der Waals surface area (Å²) in [5.74, 6) is 2.14. The van der Waals surface area contributed by atoms with Gasteiger partial charge in [0.05, 0.1) is 16.5 Å². The van der Waals surface area contributed by atoms with Crippen molar-refractivity contribution in [3.8, 4) is 12.0 Å². The van der Waals surface area contributed by atoms with Gasteiger partial charge in [-0.25, -0.2) is 4.79 Å². The highest BCUT2D eigenvalue weighted by Crippen LogP contribution is 2.31. The van der Waals surface area contributed by atoms with Gasteiger partial charge in [-0.2, -0.15) is 0 Å². The average Bonchev–Trinajstić information content (AvgIpc) is 2.68. The van der Waals surface area contributed by atoms with Gasteiger partial charge < -0.3 is 4.74 Å². The predicted molar refractivity (Wildman–Crippen MR) is 100 cm³/mol. The minimum absolute atomic E-state index is 0.291. The first-order valence-corrected chi connectivity index (χ1v) is 9.09. The maximum Gasteiger partial charge on any atom is 0.352 e. The largest absolute Gasteiger partial charge is 0.369 e. The van der Waals surface area contributed by atoms with E-state index < -0.39 is 5.97 Å². The van der Waals surface area contributed by atoms with Crippen LogP contribution in [0.5, 0.6) is 0 Å². The SMILES string of the molecule is CC#COC(=O)c1cccc([S+](c2ccccc2)c2ccccc2)c1. The van der Waals surface area contributed by atoms with E-state index in [9.17, 15) is 4.79 Å². The topological polar surface area (TPSA) is 26.3 Å². The van der Waals surface area contributed by atoms with Crippen molar-refractivity contribution >= 4 is 16.9 Å². The Morgan fingerprint density at radius 2 is 1.36 bits per heavy atom. The molecule has 3 heteroatoms. The molecule has 0 fully saturated rings. The average molecular weight is 345 g/mol. The van der Waals surface area contributed by atoms with Crippen LogP contribution >= 0.6 is 0 Å². The van der Waals surface area contributed by atoms with Crippen LogP contribution in [0.25, 0.3) is 0 Å². The molecular weight excluding hydrogens is 328 g/mol. The molecule has 3 aromatic carbocycles. The summed E-state index contributed by atoms with van der Waals surface area (Å²) in [7, 11) is -0.291. The van der Waals surface area contributed by atoms with Crippen LogP contribution in [0.3, 0.4) is 0 Å². The van der Waals surface area contributed by atoms with E-state index in [1.807, 2.05) is 54.6 Å². The molecule has 0 aromatic heterocycles. The van der Waals surface area contributed by atoms with Crippen LogP contribution < -0.4 is 0 Å². The van der Waals surface area contributed by atoms with Crippen LogP contribution in [0.2, 0.25) is 0 Å². The molecule has 3 rings (SSSR count). The van der Waals surface area contributed by atoms with Gasteiger partial charge in [0.25, 0.3) is 0 Å². The van der Waals surface area contributed by atoms with Gasteiger partial charge in [-0.15, -0.1) is 0 Å². The van der Waals surface area contributed by atoms with E-state index in [1.54, 1.807) is 13.0 Å². The Bertz CT molecular complexity index is 869. The van der Waals surface area contributed by atoms with E-state index in [-0.39, 0.29) is 10.9 Å². The highest BCUT2D eigenvalue weighted by molar-refractivity contribution is 7.97. The summed E-state index contributed by atoms with van der Waals surface area (Å²) in [5, 5.41) is 0. The second kappa shape index (κ2) is 8.23. The van der Waals surface area contributed by atoms with E-state index in [0.29, 0.717) is 5.56 Å². The van der Waals surface area contributed by atoms with Crippen molar-refractivity contribution in [2.45, 2.75) is 21.6 Å². The molecule has 3 aromatic rings. The second-order valence-electron chi connectivity index (χ2n) is 5.20. The molecule has 0 heterocycles. The van der Waals surface area contributed by atoms with Crippen LogP contribution in [0.15, 0.2) is 99.6 Å². The van der Waals surface area contributed by atoms with Gasteiger partial charge in [0.2, 0.25) is 0 Å². The maximum atomic E-state index is 12.1. The van der Waals surface area contributed by atoms with E-state index >= 15 is 0 Å². The number of carbonyl (C=O) groups is 1. The zero-order chi connectivity index (χ0) is 17.5. The summed E-state index contributed by atoms with van der Waals surface area (Å²) in [6.07, 6.45) is 2.36. The van der Waals surface area contributed by atoms with Crippen LogP contribution in [0.4, 0.5) is 0 Å². The standard InChI is InChI=1S/C22H17O2S/c1-2-16-24-22(23)18-10-9-15-21(17-18)25(19-11-5-3-6-12-19)20-13-7-4-8-14-20/h3-15,17H,1H3/q+1. The van der Waals surface area contributed by atoms with Gasteiger partial charge in [-0.3, -0.25) is 0 Å². The molecule has 0 amide bonds. The third-order valence-corrected chi connectivity index (χ3v) is 5.72. The highest BCUT2D eigenvalue weighted by Gasteiger charge is 2.29. The Hall–Kier alpha value is -2.96. The minimum atomic E-state index is -0.430. The molecule has 0 saturated carbocycles. The lowest BCUT2D eigenvalue weighted by Crippen LogP contribution is -2.07. The van der Waals surface area contributed by atoms with Crippen LogP contribution in [-0.4, -0.2) is 5.97 Å². The van der Waals surface area contributed by atoms with E-state index in [1.165, 1.54) is 9.79 Å². The monoisotopic (exact) mass is 345 g/mol. The van der Waals surface area contributed by atoms with Crippen LogP contribution in [0.1, 0.15) is 17.3 Å². The third kappa shape index (κ3) is 4.12. The third-order valence-electron chi connectivity index (χ3n) is 3.51. The lowest BCUT2D eigenvalue weighted by Gasteiger charge is -2.08. The van der Waals surface area contributed by atoms with Crippen molar-refractivity contribution in [1.82, 2.24) is 0 Å². The van der Waals surface area contributed by atoms with Gasteiger partial charge in [0, 0.05) is 13.0 Å². The second-order valence-corrected chi connectivity index (χ2v) is 7.23. The first kappa shape index (κ1) is 16.9. The summed E-state index contributed by atoms with van der Waals surface area (Å²) in [5.41, 5.74) is 0.504. The minimum Gasteiger partial charge on any atom is -0.369 e. The summed E-state index contributed by atoms with van der Waals surface area (Å²) in [6, 6.07) is 28.2. The van der Waals surface area contributed by atoms with Crippen LogP contribution in [0, 0.1) is 12.0 Å². The first-order valence-electron chi connectivity index (χ1n) is 7.87. The van der Waals surface area contributed by atoms with Gasteiger partial charge in [-0.1, -0.05) is 48.4 Å². The van der Waals surface area contributed by atoms with Crippen molar-refractivity contribution < 1.29 is 9.53 Å². The fraction of sp³-hybridized carbons (Fsp3) is 0.0455. The van der Waals surface area contributed by atoms with Crippen molar-refractivity contribution in [1.29, 1.82) is 0 Å². The number of benzene rings is 3. The number of hydrogen-bond acceptors (Lipinski definition) is 2. The molecule has 0 spiro atoms. The number of rotatable bonds is 4. The molecule has 0 aliphatic rings. The predicted octanol–water partition coefficient (Wildman–Crippen LogP) is 4.92. The van der Waals surface area contributed by atoms with E-state index in [0.717, 1.165) is 4.90 Å². The van der Waals surface area contributed by atoms with Gasteiger partial charge in [-0.05, 0) is 36.4 Å². The van der Waals surface area contributed by atoms with Crippen molar-refractivity contribution in [3.63, 3.8) is 0 Å². The Morgan fingerprint density at radius 3 is 1.92 bits per heavy atom. The molecule has 0 aliphatic heterocycles. The number of esters is 1. The normalized spacial score (nSPS) is 10.0. The Labute approximate surface area is 150 Å². The van der Waals surface area contributed by atoms with Crippen molar-refractivity contribution in [2.75, 3.05) is 0 Å². The molecule has 122 valence electrons. The summed E-state index contributed by atoms with van der Waals surface area (Å²) >= 11 is 0. The van der Waals surface area contributed by atoms with Gasteiger partial charge in [0.15, 0.2) is 14.7 Å². The fourth-order valence-electron chi connectivity index (χ4n) is 2.43. The smallest absolute Gasteiger partial charge is 0.352 e. The number of carbonyl (C=O) groups excluding carboxylic acids is 1. The molecule has 0 atom stereocenters. The van der Waals surface area contributed by atoms with Gasteiger partial charge >= 0.3 is 5.97 Å². The molecule has 0 bridgehead atoms. The molecule has 0 unspecified atom stereocenters. The molecule has 0 radical (unpaired) electrons. The zero-order valence-electron chi connectivity index (χ0n) is 13.8. The molecule has 2 nitrogen and oxygen atoms in total. The molecule has 0 saturated heterocycles. The lowest BCUT2D eigenvalue weighted by molar-refractivity contribution is 0.0690. The molecular formula is C22H17O2S+. The Morgan fingerprint density at radius 1 is 0.800 bits per heavy atom. The van der Waals surface area contributed by atoms with Crippen molar-refractivity contribution in [3.05, 3.63) is 90.5 Å². The Kier molecular flexibility index (Phi) is 5.56. The fourth-order valence-corrected chi connectivity index (χ4v) is 4.56. The number of ether oxygens (including phenoxy) is 1. The zero-order valence-corrected chi connectivity index (χ0v) is 14.6. The molecule has 0 aliphatic carbocycles. The summed E-state index contributed by atoms with van der Waals surface area (Å²) < 4.78 is 4.93. The number of hydrogen-bond donors (Lipinski definition) is 0. The quantitative estimate of drug-likeness (QED) is 0.381. The Balaban J connectivity index is 2.05. The summed E-state index contributed by atoms with van der Waals surface area (Å²) in [6.45, 7) is 1.63. The van der Waals surface area contributed by atoms with Crippen LogP contribution in [-0.2, 0) is 15.6 Å².